The largest absolute Gasteiger partial charge is 0.497 e. The molecule has 0 saturated carbocycles. The molecule has 0 aliphatic rings. The van der Waals surface area contributed by atoms with Crippen molar-refractivity contribution in [3.05, 3.63) is 52.5 Å². The van der Waals surface area contributed by atoms with E-state index in [9.17, 15) is 4.79 Å². The van der Waals surface area contributed by atoms with Gasteiger partial charge in [-0.25, -0.2) is 4.98 Å². The lowest BCUT2D eigenvalue weighted by Gasteiger charge is -2.21. The summed E-state index contributed by atoms with van der Waals surface area (Å²) in [6, 6.07) is 13.3. The highest BCUT2D eigenvalue weighted by atomic mass is 79.9. The zero-order valence-electron chi connectivity index (χ0n) is 16.0. The summed E-state index contributed by atoms with van der Waals surface area (Å²) in [6.07, 6.45) is 0.867. The van der Waals surface area contributed by atoms with Gasteiger partial charge < -0.3 is 9.64 Å². The Hall–Kier alpha value is -1.67. The molecule has 0 bridgehead atoms. The summed E-state index contributed by atoms with van der Waals surface area (Å²) in [7, 11) is 5.70. The number of hydrogen-bond donors (Lipinski definition) is 0. The number of amides is 1. The van der Waals surface area contributed by atoms with Crippen LogP contribution in [0.5, 0.6) is 5.75 Å². The van der Waals surface area contributed by atoms with Gasteiger partial charge in [-0.2, -0.15) is 0 Å². The van der Waals surface area contributed by atoms with Gasteiger partial charge in [-0.15, -0.1) is 12.4 Å². The summed E-state index contributed by atoms with van der Waals surface area (Å²) in [6.45, 7) is 1.52. The van der Waals surface area contributed by atoms with Crippen molar-refractivity contribution < 1.29 is 9.53 Å². The SMILES string of the molecule is COc1ccc2sc(N(CCCN(C)C)C(=O)c3cccc(Br)c3)nc2c1.Cl. The minimum absolute atomic E-state index is 0. The minimum Gasteiger partial charge on any atom is -0.497 e. The van der Waals surface area contributed by atoms with E-state index in [-0.39, 0.29) is 18.3 Å². The first-order valence-electron chi connectivity index (χ1n) is 8.64. The summed E-state index contributed by atoms with van der Waals surface area (Å²) in [4.78, 5) is 21.8. The first-order chi connectivity index (χ1) is 13.0. The van der Waals surface area contributed by atoms with E-state index in [0.29, 0.717) is 17.2 Å². The highest BCUT2D eigenvalue weighted by Crippen LogP contribution is 2.32. The summed E-state index contributed by atoms with van der Waals surface area (Å²) in [5.74, 6) is 0.720. The van der Waals surface area contributed by atoms with E-state index in [4.69, 9.17) is 9.72 Å². The third kappa shape index (κ3) is 5.44. The molecular weight excluding hydrogens is 462 g/mol. The molecule has 0 N–H and O–H groups in total. The van der Waals surface area contributed by atoms with E-state index in [1.165, 1.54) is 11.3 Å². The van der Waals surface area contributed by atoms with Crippen molar-refractivity contribution in [3.63, 3.8) is 0 Å². The van der Waals surface area contributed by atoms with Crippen LogP contribution in [0.2, 0.25) is 0 Å². The molecule has 0 atom stereocenters. The van der Waals surface area contributed by atoms with E-state index in [1.54, 1.807) is 12.0 Å². The Balaban J connectivity index is 0.00000280. The second-order valence-electron chi connectivity index (χ2n) is 6.45. The van der Waals surface area contributed by atoms with Crippen LogP contribution in [0, 0.1) is 0 Å². The van der Waals surface area contributed by atoms with Gasteiger partial charge in [0.05, 0.1) is 17.3 Å². The molecule has 0 saturated heterocycles. The number of fused-ring (bicyclic) bond motifs is 1. The maximum atomic E-state index is 13.2. The van der Waals surface area contributed by atoms with Crippen molar-refractivity contribution >= 4 is 60.9 Å². The molecule has 8 heteroatoms. The van der Waals surface area contributed by atoms with E-state index < -0.39 is 0 Å². The maximum Gasteiger partial charge on any atom is 0.260 e. The van der Waals surface area contributed by atoms with Crippen LogP contribution in [0.4, 0.5) is 5.13 Å². The van der Waals surface area contributed by atoms with Gasteiger partial charge in [-0.05, 0) is 57.4 Å². The number of rotatable bonds is 7. The molecule has 0 radical (unpaired) electrons. The molecular formula is C20H23BrClN3O2S. The molecule has 0 spiro atoms. The lowest BCUT2D eigenvalue weighted by atomic mass is 10.2. The molecule has 0 aliphatic carbocycles. The molecule has 1 aromatic heterocycles. The highest BCUT2D eigenvalue weighted by molar-refractivity contribution is 9.10. The Bertz CT molecular complexity index is 948. The van der Waals surface area contributed by atoms with E-state index in [0.717, 1.165) is 33.4 Å². The Kier molecular flexibility index (Phi) is 8.24. The van der Waals surface area contributed by atoms with Gasteiger partial charge in [0.2, 0.25) is 0 Å². The monoisotopic (exact) mass is 483 g/mol. The number of thiazole rings is 1. The lowest BCUT2D eigenvalue weighted by Crippen LogP contribution is -2.33. The van der Waals surface area contributed by atoms with Gasteiger partial charge in [0.15, 0.2) is 5.13 Å². The number of anilines is 1. The molecule has 0 unspecified atom stereocenters. The van der Waals surface area contributed by atoms with Crippen LogP contribution in [-0.4, -0.2) is 50.1 Å². The van der Waals surface area contributed by atoms with E-state index in [1.807, 2.05) is 56.6 Å². The van der Waals surface area contributed by atoms with Gasteiger partial charge in [0, 0.05) is 22.6 Å². The predicted octanol–water partition coefficient (Wildman–Crippen LogP) is 5.09. The molecule has 1 amide bonds. The van der Waals surface area contributed by atoms with Crippen molar-refractivity contribution in [2.45, 2.75) is 6.42 Å². The summed E-state index contributed by atoms with van der Waals surface area (Å²) in [5, 5.41) is 0.710. The average Bonchev–Trinajstić information content (AvgIpc) is 3.07. The fraction of sp³-hybridized carbons (Fsp3) is 0.300. The summed E-state index contributed by atoms with van der Waals surface area (Å²) < 4.78 is 7.20. The molecule has 2 aromatic carbocycles. The Morgan fingerprint density at radius 2 is 1.96 bits per heavy atom. The zero-order chi connectivity index (χ0) is 19.4. The van der Waals surface area contributed by atoms with Crippen LogP contribution in [-0.2, 0) is 0 Å². The third-order valence-electron chi connectivity index (χ3n) is 4.12. The van der Waals surface area contributed by atoms with Crippen molar-refractivity contribution in [3.8, 4) is 5.75 Å². The first-order valence-corrected chi connectivity index (χ1v) is 10.3. The van der Waals surface area contributed by atoms with Crippen LogP contribution >= 0.6 is 39.7 Å². The number of methoxy groups -OCH3 is 1. The first kappa shape index (κ1) is 22.6. The summed E-state index contributed by atoms with van der Waals surface area (Å²) >= 11 is 4.97. The Morgan fingerprint density at radius 1 is 1.18 bits per heavy atom. The van der Waals surface area contributed by atoms with Crippen LogP contribution in [0.3, 0.4) is 0 Å². The lowest BCUT2D eigenvalue weighted by molar-refractivity contribution is 0.0986. The third-order valence-corrected chi connectivity index (χ3v) is 5.67. The molecule has 3 aromatic rings. The van der Waals surface area contributed by atoms with Gasteiger partial charge in [0.25, 0.3) is 5.91 Å². The zero-order valence-corrected chi connectivity index (χ0v) is 19.2. The quantitative estimate of drug-likeness (QED) is 0.469. The number of carbonyl (C=O) groups excluding carboxylic acids is 1. The Labute approximate surface area is 183 Å². The number of carbonyl (C=O) groups is 1. The fourth-order valence-corrected chi connectivity index (χ4v) is 4.11. The number of benzene rings is 2. The molecule has 150 valence electrons. The van der Waals surface area contributed by atoms with E-state index in [2.05, 4.69) is 20.8 Å². The molecule has 1 heterocycles. The number of hydrogen-bond acceptors (Lipinski definition) is 5. The van der Waals surface area contributed by atoms with Crippen molar-refractivity contribution in [1.82, 2.24) is 9.88 Å². The normalized spacial score (nSPS) is 10.8. The molecule has 3 rings (SSSR count). The van der Waals surface area contributed by atoms with Crippen LogP contribution in [0.1, 0.15) is 16.8 Å². The van der Waals surface area contributed by atoms with Crippen LogP contribution in [0.25, 0.3) is 10.2 Å². The molecule has 5 nitrogen and oxygen atoms in total. The predicted molar refractivity (Wildman–Crippen MR) is 122 cm³/mol. The van der Waals surface area contributed by atoms with E-state index >= 15 is 0 Å². The second-order valence-corrected chi connectivity index (χ2v) is 8.38. The van der Waals surface area contributed by atoms with Gasteiger partial charge in [-0.1, -0.05) is 33.3 Å². The van der Waals surface area contributed by atoms with Gasteiger partial charge >= 0.3 is 0 Å². The summed E-state index contributed by atoms with van der Waals surface area (Å²) in [5.41, 5.74) is 1.49. The second kappa shape index (κ2) is 10.2. The highest BCUT2D eigenvalue weighted by Gasteiger charge is 2.21. The number of ether oxygens (including phenoxy) is 1. The minimum atomic E-state index is -0.0407. The van der Waals surface area contributed by atoms with Gasteiger partial charge in [-0.3, -0.25) is 9.69 Å². The number of halogens is 2. The number of nitrogens with zero attached hydrogens (tertiary/aromatic N) is 3. The topological polar surface area (TPSA) is 45.7 Å². The average molecular weight is 485 g/mol. The Morgan fingerprint density at radius 3 is 2.64 bits per heavy atom. The van der Waals surface area contributed by atoms with Crippen LogP contribution in [0.15, 0.2) is 46.9 Å². The van der Waals surface area contributed by atoms with Crippen molar-refractivity contribution in [1.29, 1.82) is 0 Å². The van der Waals surface area contributed by atoms with Crippen molar-refractivity contribution in [2.75, 3.05) is 39.2 Å². The molecule has 0 fully saturated rings. The standard InChI is InChI=1S/C20H22BrN3O2S.ClH/c1-23(2)10-5-11-24(19(25)14-6-4-7-15(21)12-14)20-22-17-13-16(26-3)8-9-18(17)27-20;/h4,6-9,12-13H,5,10-11H2,1-3H3;1H. The van der Waals surface area contributed by atoms with Gasteiger partial charge in [0.1, 0.15) is 5.75 Å². The van der Waals surface area contributed by atoms with Crippen LogP contribution < -0.4 is 9.64 Å². The maximum absolute atomic E-state index is 13.2. The molecule has 28 heavy (non-hydrogen) atoms. The number of aromatic nitrogens is 1. The smallest absolute Gasteiger partial charge is 0.260 e. The van der Waals surface area contributed by atoms with Crippen molar-refractivity contribution in [2.24, 2.45) is 0 Å². The fourth-order valence-electron chi connectivity index (χ4n) is 2.74. The molecule has 0 aliphatic heterocycles.